The van der Waals surface area contributed by atoms with Gasteiger partial charge in [-0.3, -0.25) is 9.69 Å². The van der Waals surface area contributed by atoms with E-state index in [0.717, 1.165) is 25.1 Å². The van der Waals surface area contributed by atoms with Gasteiger partial charge in [0.2, 0.25) is 5.91 Å². The molecule has 0 spiro atoms. The van der Waals surface area contributed by atoms with Crippen LogP contribution in [0.5, 0.6) is 0 Å². The second-order valence-electron chi connectivity index (χ2n) is 6.28. The summed E-state index contributed by atoms with van der Waals surface area (Å²) in [5.74, 6) is 0.137. The molecule has 1 saturated heterocycles. The van der Waals surface area contributed by atoms with Crippen molar-refractivity contribution in [1.29, 1.82) is 0 Å². The first-order valence-electron chi connectivity index (χ1n) is 7.17. The van der Waals surface area contributed by atoms with Crippen LogP contribution in [0.3, 0.4) is 0 Å². The first-order valence-corrected chi connectivity index (χ1v) is 7.17. The molecule has 1 aliphatic heterocycles. The van der Waals surface area contributed by atoms with Gasteiger partial charge in [0.25, 0.3) is 0 Å². The molecule has 2 rings (SSSR count). The van der Waals surface area contributed by atoms with E-state index in [1.807, 2.05) is 44.4 Å². The fraction of sp³-hybridized carbons (Fsp3) is 0.562. The van der Waals surface area contributed by atoms with E-state index in [1.54, 1.807) is 4.90 Å². The van der Waals surface area contributed by atoms with Gasteiger partial charge in [0, 0.05) is 20.6 Å². The number of hydrogen-bond acceptors (Lipinski definition) is 3. The molecule has 0 saturated carbocycles. The summed E-state index contributed by atoms with van der Waals surface area (Å²) in [6.07, 6.45) is 1.05. The molecule has 1 aromatic carbocycles. The van der Waals surface area contributed by atoms with Crippen molar-refractivity contribution in [2.75, 3.05) is 33.7 Å². The van der Waals surface area contributed by atoms with Crippen LogP contribution in [0.2, 0.25) is 0 Å². The average molecular weight is 312 g/mol. The molecule has 0 aromatic heterocycles. The molecule has 2 N–H and O–H groups in total. The van der Waals surface area contributed by atoms with E-state index in [-0.39, 0.29) is 29.8 Å². The van der Waals surface area contributed by atoms with Gasteiger partial charge in [-0.15, -0.1) is 12.4 Å². The van der Waals surface area contributed by atoms with Crippen LogP contribution in [0.1, 0.15) is 24.9 Å². The summed E-state index contributed by atoms with van der Waals surface area (Å²) >= 11 is 0. The molecule has 1 heterocycles. The summed E-state index contributed by atoms with van der Waals surface area (Å²) in [4.78, 5) is 16.5. The Morgan fingerprint density at radius 2 is 2.00 bits per heavy atom. The second-order valence-corrected chi connectivity index (χ2v) is 6.28. The number of carbonyl (C=O) groups is 1. The van der Waals surface area contributed by atoms with Crippen LogP contribution in [-0.4, -0.2) is 49.4 Å². The molecule has 1 amide bonds. The van der Waals surface area contributed by atoms with Crippen molar-refractivity contribution in [3.05, 3.63) is 35.9 Å². The summed E-state index contributed by atoms with van der Waals surface area (Å²) in [5, 5.41) is 0. The number of nitrogens with two attached hydrogens (primary N) is 1. The van der Waals surface area contributed by atoms with Crippen molar-refractivity contribution in [3.8, 4) is 0 Å². The van der Waals surface area contributed by atoms with Gasteiger partial charge in [-0.2, -0.15) is 0 Å². The van der Waals surface area contributed by atoms with Crippen LogP contribution in [0.25, 0.3) is 0 Å². The van der Waals surface area contributed by atoms with Crippen LogP contribution in [0, 0.1) is 5.41 Å². The highest BCUT2D eigenvalue weighted by Gasteiger charge is 2.39. The minimum absolute atomic E-state index is 0. The van der Waals surface area contributed by atoms with Crippen LogP contribution < -0.4 is 5.73 Å². The zero-order valence-electron chi connectivity index (χ0n) is 13.1. The van der Waals surface area contributed by atoms with Crippen molar-refractivity contribution < 1.29 is 4.79 Å². The van der Waals surface area contributed by atoms with Gasteiger partial charge in [0.05, 0.1) is 0 Å². The highest BCUT2D eigenvalue weighted by atomic mass is 35.5. The first kappa shape index (κ1) is 18.0. The lowest BCUT2D eigenvalue weighted by Gasteiger charge is -2.31. The van der Waals surface area contributed by atoms with Gasteiger partial charge in [-0.05, 0) is 30.5 Å². The van der Waals surface area contributed by atoms with E-state index in [0.29, 0.717) is 6.54 Å². The Balaban J connectivity index is 0.00000220. The third-order valence-electron chi connectivity index (χ3n) is 4.24. The van der Waals surface area contributed by atoms with Crippen molar-refractivity contribution >= 4 is 18.3 Å². The van der Waals surface area contributed by atoms with Gasteiger partial charge < -0.3 is 10.6 Å². The van der Waals surface area contributed by atoms with E-state index in [4.69, 9.17) is 5.73 Å². The molecular weight excluding hydrogens is 286 g/mol. The van der Waals surface area contributed by atoms with Crippen LogP contribution in [0.15, 0.2) is 30.3 Å². The third-order valence-corrected chi connectivity index (χ3v) is 4.24. The molecule has 0 bridgehead atoms. The molecule has 0 radical (unpaired) electrons. The third kappa shape index (κ3) is 3.96. The minimum Gasteiger partial charge on any atom is -0.347 e. The number of halogens is 1. The number of nitrogens with zero attached hydrogens (tertiary/aromatic N) is 2. The number of amides is 1. The van der Waals surface area contributed by atoms with Crippen LogP contribution in [-0.2, 0) is 4.79 Å². The molecule has 118 valence electrons. The predicted octanol–water partition coefficient (Wildman–Crippen LogP) is 1.91. The zero-order valence-corrected chi connectivity index (χ0v) is 13.9. The Morgan fingerprint density at radius 3 is 2.48 bits per heavy atom. The Bertz CT molecular complexity index is 466. The fourth-order valence-electron chi connectivity index (χ4n) is 2.84. The number of hydrogen-bond donors (Lipinski definition) is 1. The number of likely N-dealkylation sites (N-methyl/N-ethyl adjacent to an activating group) is 1. The molecule has 2 unspecified atom stereocenters. The van der Waals surface area contributed by atoms with E-state index in [9.17, 15) is 4.79 Å². The Kier molecular flexibility index (Phi) is 6.20. The SMILES string of the molecule is CN(C)C(=O)C(c1ccccc1)N1CCC(C)(CN)C1.Cl. The van der Waals surface area contributed by atoms with Crippen LogP contribution in [0.4, 0.5) is 0 Å². The fourth-order valence-corrected chi connectivity index (χ4v) is 2.84. The van der Waals surface area contributed by atoms with Crippen molar-refractivity contribution in [2.24, 2.45) is 11.1 Å². The summed E-state index contributed by atoms with van der Waals surface area (Å²) in [7, 11) is 3.63. The number of rotatable bonds is 4. The van der Waals surface area contributed by atoms with Crippen LogP contribution >= 0.6 is 12.4 Å². The Labute approximate surface area is 133 Å². The van der Waals surface area contributed by atoms with Crippen molar-refractivity contribution in [1.82, 2.24) is 9.80 Å². The monoisotopic (exact) mass is 311 g/mol. The first-order chi connectivity index (χ1) is 9.47. The molecular formula is C16H26ClN3O. The lowest BCUT2D eigenvalue weighted by molar-refractivity contribution is -0.134. The lowest BCUT2D eigenvalue weighted by atomic mass is 9.90. The molecule has 4 nitrogen and oxygen atoms in total. The van der Waals surface area contributed by atoms with Gasteiger partial charge in [-0.1, -0.05) is 37.3 Å². The molecule has 5 heteroatoms. The lowest BCUT2D eigenvalue weighted by Crippen LogP contribution is -2.40. The molecule has 2 atom stereocenters. The summed E-state index contributed by atoms with van der Waals surface area (Å²) < 4.78 is 0. The smallest absolute Gasteiger partial charge is 0.244 e. The highest BCUT2D eigenvalue weighted by Crippen LogP contribution is 2.35. The molecule has 1 aromatic rings. The standard InChI is InChI=1S/C16H25N3O.ClH/c1-16(11-17)9-10-19(12-16)14(15(20)18(2)3)13-7-5-4-6-8-13;/h4-8,14H,9-12,17H2,1-3H3;1H. The summed E-state index contributed by atoms with van der Waals surface area (Å²) in [6, 6.07) is 9.83. The maximum absolute atomic E-state index is 12.6. The zero-order chi connectivity index (χ0) is 14.8. The summed E-state index contributed by atoms with van der Waals surface area (Å²) in [6.45, 7) is 4.67. The van der Waals surface area contributed by atoms with Crippen molar-refractivity contribution in [2.45, 2.75) is 19.4 Å². The molecule has 0 aliphatic carbocycles. The maximum atomic E-state index is 12.6. The van der Waals surface area contributed by atoms with Crippen molar-refractivity contribution in [3.63, 3.8) is 0 Å². The normalized spacial score (nSPS) is 23.4. The largest absolute Gasteiger partial charge is 0.347 e. The molecule has 1 aliphatic rings. The van der Waals surface area contributed by atoms with Gasteiger partial charge in [-0.25, -0.2) is 0 Å². The Hall–Kier alpha value is -1.10. The average Bonchev–Trinajstić information content (AvgIpc) is 2.83. The van der Waals surface area contributed by atoms with Gasteiger partial charge in [0.1, 0.15) is 6.04 Å². The topological polar surface area (TPSA) is 49.6 Å². The van der Waals surface area contributed by atoms with E-state index < -0.39 is 0 Å². The predicted molar refractivity (Wildman–Crippen MR) is 88.5 cm³/mol. The Morgan fingerprint density at radius 1 is 1.38 bits per heavy atom. The van der Waals surface area contributed by atoms with E-state index in [1.165, 1.54) is 0 Å². The molecule has 21 heavy (non-hydrogen) atoms. The van der Waals surface area contributed by atoms with E-state index >= 15 is 0 Å². The van der Waals surface area contributed by atoms with Gasteiger partial charge in [0.15, 0.2) is 0 Å². The highest BCUT2D eigenvalue weighted by molar-refractivity contribution is 5.85. The second kappa shape index (κ2) is 7.25. The number of benzene rings is 1. The van der Waals surface area contributed by atoms with E-state index in [2.05, 4.69) is 11.8 Å². The van der Waals surface area contributed by atoms with Gasteiger partial charge >= 0.3 is 0 Å². The number of likely N-dealkylation sites (tertiary alicyclic amines) is 1. The minimum atomic E-state index is -0.195. The quantitative estimate of drug-likeness (QED) is 0.924. The molecule has 1 fully saturated rings. The maximum Gasteiger partial charge on any atom is 0.244 e. The number of carbonyl (C=O) groups excluding carboxylic acids is 1. The summed E-state index contributed by atoms with van der Waals surface area (Å²) in [5.41, 5.74) is 7.07.